The summed E-state index contributed by atoms with van der Waals surface area (Å²) in [6, 6.07) is 70.4. The lowest BCUT2D eigenvalue weighted by molar-refractivity contribution is 1.17. The van der Waals surface area contributed by atoms with Crippen LogP contribution in [0.15, 0.2) is 194 Å². The minimum atomic E-state index is 1.14. The Morgan fingerprint density at radius 2 is 0.740 bits per heavy atom. The Balaban J connectivity index is 1.23. The van der Waals surface area contributed by atoms with Gasteiger partial charge in [-0.25, -0.2) is 0 Å². The standard InChI is InChI=1S/C48H32N2/c1-3-15-33(16-4-1)38-30-29-37(32-44(38)34-17-5-2-6-18-34)50-47-28-12-9-23-42(47)43-25-14-24-39(48(43)50)35-19-13-20-36(31-35)49-45-26-10-7-21-40(45)41-22-8-11-27-46(41)49/h1-32H. The van der Waals surface area contributed by atoms with Gasteiger partial charge < -0.3 is 9.13 Å². The monoisotopic (exact) mass is 636 g/mol. The molecule has 8 aromatic carbocycles. The van der Waals surface area contributed by atoms with Crippen molar-refractivity contribution in [3.8, 4) is 44.8 Å². The Morgan fingerprint density at radius 3 is 1.40 bits per heavy atom. The van der Waals surface area contributed by atoms with Crippen molar-refractivity contribution in [1.82, 2.24) is 9.13 Å². The van der Waals surface area contributed by atoms with E-state index in [0.29, 0.717) is 0 Å². The molecule has 2 heterocycles. The molecule has 0 fully saturated rings. The zero-order valence-corrected chi connectivity index (χ0v) is 27.4. The highest BCUT2D eigenvalue weighted by molar-refractivity contribution is 6.14. The summed E-state index contributed by atoms with van der Waals surface area (Å²) in [5.41, 5.74) is 14.4. The van der Waals surface area contributed by atoms with Crippen LogP contribution >= 0.6 is 0 Å². The number of benzene rings is 8. The predicted molar refractivity (Wildman–Crippen MR) is 211 cm³/mol. The van der Waals surface area contributed by atoms with Crippen molar-refractivity contribution in [1.29, 1.82) is 0 Å². The summed E-state index contributed by atoms with van der Waals surface area (Å²) in [6.07, 6.45) is 0. The van der Waals surface area contributed by atoms with E-state index < -0.39 is 0 Å². The summed E-state index contributed by atoms with van der Waals surface area (Å²) in [5, 5.41) is 5.03. The highest BCUT2D eigenvalue weighted by atomic mass is 15.0. The Morgan fingerprint density at radius 1 is 0.260 bits per heavy atom. The molecule has 0 N–H and O–H groups in total. The number of aromatic nitrogens is 2. The first kappa shape index (κ1) is 28.4. The largest absolute Gasteiger partial charge is 0.309 e. The molecule has 0 aliphatic rings. The van der Waals surface area contributed by atoms with Crippen LogP contribution < -0.4 is 0 Å². The van der Waals surface area contributed by atoms with Gasteiger partial charge in [0.1, 0.15) is 0 Å². The number of rotatable bonds is 5. The van der Waals surface area contributed by atoms with E-state index in [9.17, 15) is 0 Å². The van der Waals surface area contributed by atoms with Crippen LogP contribution in [0.4, 0.5) is 0 Å². The number of hydrogen-bond acceptors (Lipinski definition) is 0. The maximum absolute atomic E-state index is 2.47. The molecule has 0 saturated heterocycles. The first-order valence-corrected chi connectivity index (χ1v) is 17.2. The molecule has 2 heteroatoms. The van der Waals surface area contributed by atoms with E-state index in [-0.39, 0.29) is 0 Å². The lowest BCUT2D eigenvalue weighted by atomic mass is 9.94. The van der Waals surface area contributed by atoms with Gasteiger partial charge in [-0.3, -0.25) is 0 Å². The third-order valence-corrected chi connectivity index (χ3v) is 10.1. The third-order valence-electron chi connectivity index (χ3n) is 10.1. The maximum Gasteiger partial charge on any atom is 0.0619 e. The molecular weight excluding hydrogens is 605 g/mol. The van der Waals surface area contributed by atoms with Crippen LogP contribution in [0.3, 0.4) is 0 Å². The van der Waals surface area contributed by atoms with E-state index >= 15 is 0 Å². The molecule has 0 amide bonds. The Bertz CT molecular complexity index is 2800. The fourth-order valence-corrected chi connectivity index (χ4v) is 7.93. The van der Waals surface area contributed by atoms with Crippen LogP contribution in [-0.4, -0.2) is 9.13 Å². The van der Waals surface area contributed by atoms with Crippen LogP contribution in [-0.2, 0) is 0 Å². The van der Waals surface area contributed by atoms with Crippen LogP contribution in [0, 0.1) is 0 Å². The van der Waals surface area contributed by atoms with Gasteiger partial charge in [-0.2, -0.15) is 0 Å². The van der Waals surface area contributed by atoms with Crippen LogP contribution in [0.2, 0.25) is 0 Å². The molecule has 0 bridgehead atoms. The second kappa shape index (κ2) is 11.5. The molecule has 50 heavy (non-hydrogen) atoms. The molecule has 0 aliphatic carbocycles. The molecule has 0 atom stereocenters. The van der Waals surface area contributed by atoms with Crippen LogP contribution in [0.1, 0.15) is 0 Å². The Labute approximate surface area is 290 Å². The molecule has 234 valence electrons. The zero-order valence-electron chi connectivity index (χ0n) is 27.4. The van der Waals surface area contributed by atoms with E-state index in [2.05, 4.69) is 203 Å². The van der Waals surface area contributed by atoms with Crippen LogP contribution in [0.25, 0.3) is 88.4 Å². The summed E-state index contributed by atoms with van der Waals surface area (Å²) in [6.45, 7) is 0. The summed E-state index contributed by atoms with van der Waals surface area (Å²) < 4.78 is 4.87. The first-order chi connectivity index (χ1) is 24.8. The predicted octanol–water partition coefficient (Wildman–Crippen LogP) is 12.9. The van der Waals surface area contributed by atoms with Gasteiger partial charge in [0.25, 0.3) is 0 Å². The van der Waals surface area contributed by atoms with Crippen molar-refractivity contribution in [3.05, 3.63) is 194 Å². The second-order valence-electron chi connectivity index (χ2n) is 12.9. The number of para-hydroxylation sites is 4. The molecule has 0 aliphatic heterocycles. The van der Waals surface area contributed by atoms with Gasteiger partial charge in [-0.1, -0.05) is 152 Å². The highest BCUT2D eigenvalue weighted by Crippen LogP contribution is 2.41. The van der Waals surface area contributed by atoms with E-state index in [1.165, 1.54) is 77.0 Å². The maximum atomic E-state index is 2.47. The molecule has 0 saturated carbocycles. The lowest BCUT2D eigenvalue weighted by Crippen LogP contribution is -1.98. The summed E-state index contributed by atoms with van der Waals surface area (Å²) in [7, 11) is 0. The molecule has 0 unspecified atom stereocenters. The number of hydrogen-bond donors (Lipinski definition) is 0. The quantitative estimate of drug-likeness (QED) is 0.178. The van der Waals surface area contributed by atoms with E-state index in [1.807, 2.05) is 0 Å². The molecule has 10 rings (SSSR count). The first-order valence-electron chi connectivity index (χ1n) is 17.2. The van der Waals surface area contributed by atoms with E-state index in [0.717, 1.165) is 11.4 Å². The Hall–Kier alpha value is -6.64. The molecule has 2 aromatic heterocycles. The smallest absolute Gasteiger partial charge is 0.0619 e. The van der Waals surface area contributed by atoms with Crippen molar-refractivity contribution >= 4 is 43.6 Å². The van der Waals surface area contributed by atoms with Crippen molar-refractivity contribution in [3.63, 3.8) is 0 Å². The van der Waals surface area contributed by atoms with Gasteiger partial charge in [0.15, 0.2) is 0 Å². The highest BCUT2D eigenvalue weighted by Gasteiger charge is 2.19. The molecule has 2 nitrogen and oxygen atoms in total. The average molecular weight is 637 g/mol. The normalized spacial score (nSPS) is 11.6. The summed E-state index contributed by atoms with van der Waals surface area (Å²) in [5.74, 6) is 0. The summed E-state index contributed by atoms with van der Waals surface area (Å²) >= 11 is 0. The SMILES string of the molecule is c1ccc(-c2ccc(-n3c4ccccc4c4cccc(-c5cccc(-n6c7ccccc7c7ccccc76)c5)c43)cc2-c2ccccc2)cc1. The van der Waals surface area contributed by atoms with Crippen molar-refractivity contribution in [2.75, 3.05) is 0 Å². The second-order valence-corrected chi connectivity index (χ2v) is 12.9. The van der Waals surface area contributed by atoms with E-state index in [4.69, 9.17) is 0 Å². The molecular formula is C48H32N2. The van der Waals surface area contributed by atoms with Crippen molar-refractivity contribution < 1.29 is 0 Å². The van der Waals surface area contributed by atoms with Gasteiger partial charge in [0.05, 0.1) is 22.1 Å². The minimum absolute atomic E-state index is 1.14. The summed E-state index contributed by atoms with van der Waals surface area (Å²) in [4.78, 5) is 0. The number of fused-ring (bicyclic) bond motifs is 6. The third kappa shape index (κ3) is 4.43. The zero-order chi connectivity index (χ0) is 33.0. The van der Waals surface area contributed by atoms with Gasteiger partial charge in [-0.15, -0.1) is 0 Å². The van der Waals surface area contributed by atoms with Crippen LogP contribution in [0.5, 0.6) is 0 Å². The van der Waals surface area contributed by atoms with E-state index in [1.54, 1.807) is 0 Å². The van der Waals surface area contributed by atoms with Gasteiger partial charge >= 0.3 is 0 Å². The molecule has 0 radical (unpaired) electrons. The lowest BCUT2D eigenvalue weighted by Gasteiger charge is -2.17. The average Bonchev–Trinajstić information content (AvgIpc) is 3.72. The van der Waals surface area contributed by atoms with Crippen molar-refractivity contribution in [2.24, 2.45) is 0 Å². The minimum Gasteiger partial charge on any atom is -0.309 e. The fourth-order valence-electron chi connectivity index (χ4n) is 7.93. The topological polar surface area (TPSA) is 9.86 Å². The molecule has 10 aromatic rings. The number of nitrogens with zero attached hydrogens (tertiary/aromatic N) is 2. The van der Waals surface area contributed by atoms with Gasteiger partial charge in [-0.05, 0) is 70.3 Å². The molecule has 0 spiro atoms. The fraction of sp³-hybridized carbons (Fsp3) is 0. The Kier molecular flexibility index (Phi) is 6.53. The van der Waals surface area contributed by atoms with Gasteiger partial charge in [0, 0.05) is 38.5 Å². The van der Waals surface area contributed by atoms with Crippen molar-refractivity contribution in [2.45, 2.75) is 0 Å². The van der Waals surface area contributed by atoms with Gasteiger partial charge in [0.2, 0.25) is 0 Å².